The van der Waals surface area contributed by atoms with Gasteiger partial charge in [-0.2, -0.15) is 0 Å². The maximum absolute atomic E-state index is 11.4. The molecular weight excluding hydrogens is 1800 g/mol. The first-order valence-corrected chi connectivity index (χ1v) is 53.5. The Kier molecular flexibility index (Phi) is 75.6. The monoisotopic (exact) mass is 2000 g/mol. The predicted octanol–water partition coefficient (Wildman–Crippen LogP) is 25.7. The molecular formula is C110H203N9O14S4. The lowest BCUT2D eigenvalue weighted by atomic mass is 9.79. The predicted molar refractivity (Wildman–Crippen MR) is 593 cm³/mol. The van der Waals surface area contributed by atoms with Gasteiger partial charge in [0.2, 0.25) is 53.7 Å². The molecule has 2 aliphatic rings. The molecule has 0 saturated heterocycles. The van der Waals surface area contributed by atoms with E-state index >= 15 is 0 Å². The fourth-order valence-electron chi connectivity index (χ4n) is 9.12. The number of hydrogen-bond acceptors (Lipinski definition) is 16. The molecule has 0 bridgehead atoms. The fraction of sp³-hybridized carbons (Fsp3) is 0.655. The third-order valence-electron chi connectivity index (χ3n) is 17.7. The standard InChI is InChI=1S/C12H20.C11H18.C10H19NO.C10H18O.C9H14N2.C9H17NO.C8H17NO2S.C8H15NO.C7H15NO2S.C7H13NO.C7H12O.C6H13NO2S.C6H12O2S/c1-10(12(2,3)4)11-8-6-5-7-9-11;1-9(11(2,3)4)10-7-5-6-8-10;1-6-8-11(9(12)7-2)10(3,4)5;1-5-6-7-8-9(11)10(2,3)4;1-7-10-6-5-8(11-7)9(2,3)4;1-5-8(11)10-7-6-9(2,3)4;1-5-12(10,11)9-7-6-8(2,3)4;1-5-7(10)9-6-8(2,3)4;1-5-11(9,10)8-6-7(2,3)4;1-5-6(9)8-7(2,3)4;1-5-6(8)7(2,3)4;1-5-10(8,9)7-6(2,3)4;1-5-9(7,8)6(2,3)4/h8H,1,5-7,9H2,2-4H3;7H,1,5-6,8H2,2-4H3;7H,2,6,8H2,1,3-5H3;7-8H,5-6H2,1-4H3;5-6H,1-4H3;5H,1,6-7H2,2-4H3,(H,10,11);5,9H,1,6-7H2,2-4H3;5H,1,6H2,2-4H3,(H,9,10);5,8H,1,6H2,2-4H3;5H,1H2,2-4H3,(H,8,9);5H,1H2,2-4H3;5,7H,1H2,2-4H3;5H,1H2,2-4H3/b;;;8-7+;;;;;;;;;. The van der Waals surface area contributed by atoms with Gasteiger partial charge in [-0.3, -0.25) is 28.8 Å². The van der Waals surface area contributed by atoms with Gasteiger partial charge < -0.3 is 20.9 Å². The summed E-state index contributed by atoms with van der Waals surface area (Å²) in [6.45, 7) is 125. The van der Waals surface area contributed by atoms with Crippen LogP contribution in [0, 0.1) is 50.2 Å². The highest BCUT2D eigenvalue weighted by Crippen LogP contribution is 2.36. The smallest absolute Gasteiger partial charge is 0.246 e. The van der Waals surface area contributed by atoms with Crippen LogP contribution in [0.5, 0.6) is 0 Å². The van der Waals surface area contributed by atoms with Crippen LogP contribution in [0.15, 0.2) is 183 Å². The van der Waals surface area contributed by atoms with Crippen LogP contribution >= 0.6 is 0 Å². The van der Waals surface area contributed by atoms with Gasteiger partial charge in [0.05, 0.1) is 4.75 Å². The van der Waals surface area contributed by atoms with E-state index in [0.717, 1.165) is 78.3 Å². The van der Waals surface area contributed by atoms with E-state index in [1.54, 1.807) is 47.6 Å². The van der Waals surface area contributed by atoms with Crippen molar-refractivity contribution in [1.29, 1.82) is 0 Å². The summed E-state index contributed by atoms with van der Waals surface area (Å²) in [4.78, 5) is 75.4. The van der Waals surface area contributed by atoms with E-state index < -0.39 is 50.2 Å². The lowest BCUT2D eigenvalue weighted by Gasteiger charge is -2.34. The molecule has 23 nitrogen and oxygen atoms in total. The Labute approximate surface area is 842 Å². The maximum atomic E-state index is 11.4. The number of aromatic nitrogens is 2. The Morgan fingerprint density at radius 2 is 0.825 bits per heavy atom. The summed E-state index contributed by atoms with van der Waals surface area (Å²) in [5.41, 5.74) is 6.85. The van der Waals surface area contributed by atoms with Crippen LogP contribution in [-0.4, -0.2) is 138 Å². The van der Waals surface area contributed by atoms with Gasteiger partial charge in [-0.05, 0) is 258 Å². The normalized spacial score (nSPS) is 13.0. The van der Waals surface area contributed by atoms with Gasteiger partial charge in [0.1, 0.15) is 5.82 Å². The zero-order valence-corrected chi connectivity index (χ0v) is 97.9. The average Bonchev–Trinajstić information content (AvgIpc) is 1.80. The molecule has 0 aliphatic heterocycles. The highest BCUT2D eigenvalue weighted by molar-refractivity contribution is 7.95. The zero-order valence-electron chi connectivity index (χ0n) is 94.6. The first kappa shape index (κ1) is 150. The molecule has 27 heteroatoms. The van der Waals surface area contributed by atoms with Crippen LogP contribution in [0.1, 0.15) is 372 Å². The molecule has 6 N–H and O–H groups in total. The van der Waals surface area contributed by atoms with Crippen molar-refractivity contribution in [2.24, 2.45) is 43.3 Å². The minimum Gasteiger partial charge on any atom is -0.353 e. The van der Waals surface area contributed by atoms with Crippen LogP contribution < -0.4 is 30.1 Å². The van der Waals surface area contributed by atoms with Crippen molar-refractivity contribution in [2.45, 2.75) is 395 Å². The molecule has 0 aromatic carbocycles. The maximum Gasteiger partial charge on any atom is 0.246 e. The summed E-state index contributed by atoms with van der Waals surface area (Å²) >= 11 is 0. The van der Waals surface area contributed by atoms with Crippen molar-refractivity contribution in [1.82, 2.24) is 45.0 Å². The first-order chi connectivity index (χ1) is 60.9. The number of aryl methyl sites for hydroxylation is 1. The largest absolute Gasteiger partial charge is 0.353 e. The van der Waals surface area contributed by atoms with Gasteiger partial charge in [-0.25, -0.2) is 57.8 Å². The first-order valence-electron chi connectivity index (χ1n) is 47.3. The summed E-state index contributed by atoms with van der Waals surface area (Å²) in [5, 5.41) is 11.9. The molecule has 137 heavy (non-hydrogen) atoms. The van der Waals surface area contributed by atoms with Crippen molar-refractivity contribution in [3.63, 3.8) is 0 Å². The lowest BCUT2D eigenvalue weighted by Crippen LogP contribution is -2.45. The fourth-order valence-corrected chi connectivity index (χ4v) is 11.8. The van der Waals surface area contributed by atoms with Gasteiger partial charge in [0.25, 0.3) is 0 Å². The number of sulfone groups is 1. The molecule has 0 saturated carbocycles. The van der Waals surface area contributed by atoms with Gasteiger partial charge in [0.15, 0.2) is 21.4 Å². The van der Waals surface area contributed by atoms with E-state index in [1.807, 2.05) is 134 Å². The minimum absolute atomic E-state index is 0.0179. The molecule has 0 fully saturated rings. The number of amides is 4. The van der Waals surface area contributed by atoms with E-state index in [4.69, 9.17) is 0 Å². The van der Waals surface area contributed by atoms with Crippen molar-refractivity contribution < 1.29 is 62.4 Å². The number of nitrogens with zero attached hydrogens (tertiary/aromatic N) is 3. The van der Waals surface area contributed by atoms with E-state index in [2.05, 4.69) is 263 Å². The summed E-state index contributed by atoms with van der Waals surface area (Å²) in [6.07, 6.45) is 30.7. The van der Waals surface area contributed by atoms with Crippen LogP contribution in [0.25, 0.3) is 0 Å². The number of sulfonamides is 3. The second kappa shape index (κ2) is 69.3. The summed E-state index contributed by atoms with van der Waals surface area (Å²) in [6, 6.07) is 1.97. The van der Waals surface area contributed by atoms with Gasteiger partial charge in [-0.1, -0.05) is 298 Å². The molecule has 1 aromatic rings. The number of ketones is 2. The molecule has 0 radical (unpaired) electrons. The third-order valence-corrected chi connectivity index (χ3v) is 23.2. The second-order valence-corrected chi connectivity index (χ2v) is 54.6. The molecule has 1 heterocycles. The Bertz CT molecular complexity index is 4410. The van der Waals surface area contributed by atoms with Crippen LogP contribution in [0.3, 0.4) is 0 Å². The van der Waals surface area contributed by atoms with Crippen LogP contribution in [-0.2, 0) is 74.1 Å². The van der Waals surface area contributed by atoms with Crippen molar-refractivity contribution in [2.75, 3.05) is 32.7 Å². The quantitative estimate of drug-likeness (QED) is 0.0495. The number of allylic oxidation sites excluding steroid dienone is 9. The van der Waals surface area contributed by atoms with E-state index in [9.17, 15) is 62.4 Å². The Morgan fingerprint density at radius 1 is 0.431 bits per heavy atom. The molecule has 0 atom stereocenters. The van der Waals surface area contributed by atoms with Crippen molar-refractivity contribution >= 4 is 75.1 Å². The number of rotatable bonds is 25. The van der Waals surface area contributed by atoms with E-state index in [1.165, 1.54) is 97.6 Å². The van der Waals surface area contributed by atoms with Crippen molar-refractivity contribution in [3.8, 4) is 0 Å². The summed E-state index contributed by atoms with van der Waals surface area (Å²) in [7, 11) is -12.8. The van der Waals surface area contributed by atoms with E-state index in [0.29, 0.717) is 19.6 Å². The molecule has 0 unspecified atom stereocenters. The average molecular weight is 2000 g/mol. The summed E-state index contributed by atoms with van der Waals surface area (Å²) in [5.74, 6) is 0.858. The van der Waals surface area contributed by atoms with Gasteiger partial charge >= 0.3 is 0 Å². The minimum atomic E-state index is -3.26. The Balaban J connectivity index is -0.000000160. The topological polar surface area (TPSA) is 340 Å². The molecule has 4 amide bonds. The zero-order chi connectivity index (χ0) is 111. The highest BCUT2D eigenvalue weighted by atomic mass is 32.2. The third kappa shape index (κ3) is 99.7. The Morgan fingerprint density at radius 3 is 1.07 bits per heavy atom. The molecule has 3 rings (SSSR count). The Hall–Kier alpha value is -7.66. The number of carbonyl (C=O) groups excluding carboxylic acids is 6. The van der Waals surface area contributed by atoms with E-state index in [-0.39, 0.29) is 95.0 Å². The second-order valence-electron chi connectivity index (χ2n) is 46.9. The van der Waals surface area contributed by atoms with Gasteiger partial charge in [0, 0.05) is 99.1 Å². The van der Waals surface area contributed by atoms with Gasteiger partial charge in [-0.15, -0.1) is 0 Å². The molecule has 0 spiro atoms. The summed E-state index contributed by atoms with van der Waals surface area (Å²) < 4.78 is 93.2. The van der Waals surface area contributed by atoms with Crippen LogP contribution in [0.4, 0.5) is 0 Å². The lowest BCUT2D eigenvalue weighted by molar-refractivity contribution is -0.130. The molecule has 796 valence electrons. The van der Waals surface area contributed by atoms with Crippen molar-refractivity contribution in [3.05, 3.63) is 195 Å². The van der Waals surface area contributed by atoms with Crippen LogP contribution in [0.2, 0.25) is 0 Å². The highest BCUT2D eigenvalue weighted by Gasteiger charge is 2.28. The number of unbranched alkanes of at least 4 members (excludes halogenated alkanes) is 1. The SMILES string of the molecule is C=C(C1=CCCC1)C(C)(C)C.C=C(C1=CCCCC1)C(C)(C)C.C=CC(=O)C(C)(C)C.C=CC(=O)N(CCC)C(C)(C)C.C=CC(=O)NC(C)(C)C.C=CC(=O)NCC(C)(C)C.C=CC(=O)NCCC(C)(C)C.C=CS(=O)(=O)C(C)(C)C.C=CS(=O)(=O)NC(C)(C)C.C=CS(=O)(=O)NCC(C)(C)C.C=CS(=O)(=O)NCCC(C)(C)C.CCC/C=C/C(=O)C(C)(C)C.Cc1nccc(C(C)(C)C)n1. The molecule has 2 aliphatic carbocycles. The number of carbonyl (C=O) groups is 6. The number of nitrogens with one attached hydrogen (secondary N) is 6. The molecule has 1 aromatic heterocycles. The number of hydrogen-bond donors (Lipinski definition) is 6.